The molecule has 0 spiro atoms. The second-order valence-corrected chi connectivity index (χ2v) is 4.99. The van der Waals surface area contributed by atoms with E-state index in [4.69, 9.17) is 0 Å². The minimum Gasteiger partial charge on any atom is -0.368 e. The van der Waals surface area contributed by atoms with Crippen molar-refractivity contribution in [3.63, 3.8) is 0 Å². The van der Waals surface area contributed by atoms with E-state index in [1.165, 1.54) is 12.1 Å². The van der Waals surface area contributed by atoms with Gasteiger partial charge in [-0.3, -0.25) is 10.1 Å². The fourth-order valence-electron chi connectivity index (χ4n) is 2.34. The van der Waals surface area contributed by atoms with Gasteiger partial charge < -0.3 is 5.32 Å². The Morgan fingerprint density at radius 2 is 1.77 bits per heavy atom. The maximum Gasteiger partial charge on any atom is 0.156 e. The lowest BCUT2D eigenvalue weighted by Crippen LogP contribution is -2.01. The molecule has 2 N–H and O–H groups in total. The molecule has 3 rings (SSSR count). The van der Waals surface area contributed by atoms with Crippen molar-refractivity contribution in [2.75, 3.05) is 11.9 Å². The molecule has 0 unspecified atom stereocenters. The topological polar surface area (TPSA) is 53.6 Å². The average Bonchev–Trinajstić information content (AvgIpc) is 2.98. The summed E-state index contributed by atoms with van der Waals surface area (Å²) >= 11 is 0. The van der Waals surface area contributed by atoms with Gasteiger partial charge in [-0.05, 0) is 48.4 Å². The number of anilines is 1. The standard InChI is InChI=1S/C17H17FN4/c1-2-9-20-17-15(12-7-10-19-11-8-12)16(21-22-17)13-3-5-14(18)6-4-13/h3-8,10-11H,2,9H2,1H3,(H2,20,21,22). The molecule has 0 radical (unpaired) electrons. The molecule has 0 aliphatic carbocycles. The number of halogens is 1. The summed E-state index contributed by atoms with van der Waals surface area (Å²) in [5, 5.41) is 10.8. The summed E-state index contributed by atoms with van der Waals surface area (Å²) in [6.07, 6.45) is 4.51. The molecule has 22 heavy (non-hydrogen) atoms. The molecule has 3 aromatic rings. The number of hydrogen-bond acceptors (Lipinski definition) is 3. The third kappa shape index (κ3) is 2.83. The highest BCUT2D eigenvalue weighted by Gasteiger charge is 2.16. The van der Waals surface area contributed by atoms with Gasteiger partial charge in [0.15, 0.2) is 5.82 Å². The van der Waals surface area contributed by atoms with Crippen molar-refractivity contribution < 1.29 is 4.39 Å². The SMILES string of the molecule is CCCNc1n[nH]c(-c2ccc(F)cc2)c1-c1ccncc1. The van der Waals surface area contributed by atoms with Crippen LogP contribution in [0.3, 0.4) is 0 Å². The van der Waals surface area contributed by atoms with E-state index in [0.717, 1.165) is 41.2 Å². The van der Waals surface area contributed by atoms with Crippen LogP contribution in [0.4, 0.5) is 10.2 Å². The summed E-state index contributed by atoms with van der Waals surface area (Å²) in [5.41, 5.74) is 3.75. The first kappa shape index (κ1) is 14.3. The van der Waals surface area contributed by atoms with Gasteiger partial charge in [0.2, 0.25) is 0 Å². The summed E-state index contributed by atoms with van der Waals surface area (Å²) in [6.45, 7) is 2.94. The van der Waals surface area contributed by atoms with E-state index in [9.17, 15) is 4.39 Å². The van der Waals surface area contributed by atoms with E-state index in [2.05, 4.69) is 27.4 Å². The largest absolute Gasteiger partial charge is 0.368 e. The third-order valence-corrected chi connectivity index (χ3v) is 3.41. The summed E-state index contributed by atoms with van der Waals surface area (Å²) < 4.78 is 13.2. The van der Waals surface area contributed by atoms with Crippen LogP contribution in [0.15, 0.2) is 48.8 Å². The molecule has 1 aromatic carbocycles. The van der Waals surface area contributed by atoms with Crippen molar-refractivity contribution in [3.05, 3.63) is 54.6 Å². The first-order valence-corrected chi connectivity index (χ1v) is 7.28. The molecule has 112 valence electrons. The number of benzene rings is 1. The Kier molecular flexibility index (Phi) is 4.14. The predicted molar refractivity (Wildman–Crippen MR) is 86.0 cm³/mol. The van der Waals surface area contributed by atoms with Gasteiger partial charge in [-0.15, -0.1) is 0 Å². The molecular formula is C17H17FN4. The van der Waals surface area contributed by atoms with Crippen LogP contribution in [0.5, 0.6) is 0 Å². The van der Waals surface area contributed by atoms with E-state index in [0.29, 0.717) is 0 Å². The number of nitrogens with one attached hydrogen (secondary N) is 2. The highest BCUT2D eigenvalue weighted by molar-refractivity contribution is 5.88. The minimum atomic E-state index is -0.252. The number of aromatic nitrogens is 3. The highest BCUT2D eigenvalue weighted by Crippen LogP contribution is 2.35. The molecule has 5 heteroatoms. The van der Waals surface area contributed by atoms with Crippen LogP contribution < -0.4 is 5.32 Å². The molecule has 0 aliphatic rings. The normalized spacial score (nSPS) is 10.6. The Labute approximate surface area is 128 Å². The van der Waals surface area contributed by atoms with Crippen LogP contribution in [-0.4, -0.2) is 21.7 Å². The van der Waals surface area contributed by atoms with Crippen molar-refractivity contribution in [1.82, 2.24) is 15.2 Å². The van der Waals surface area contributed by atoms with Gasteiger partial charge >= 0.3 is 0 Å². The molecule has 0 aliphatic heterocycles. The number of pyridine rings is 1. The summed E-state index contributed by atoms with van der Waals surface area (Å²) in [4.78, 5) is 4.06. The fraction of sp³-hybridized carbons (Fsp3) is 0.176. The molecule has 0 amide bonds. The fourth-order valence-corrected chi connectivity index (χ4v) is 2.34. The van der Waals surface area contributed by atoms with Gasteiger partial charge in [-0.25, -0.2) is 4.39 Å². The number of hydrogen-bond donors (Lipinski definition) is 2. The van der Waals surface area contributed by atoms with E-state index in [-0.39, 0.29) is 5.82 Å². The molecule has 0 saturated carbocycles. The summed E-state index contributed by atoms with van der Waals surface area (Å²) in [6, 6.07) is 10.3. The van der Waals surface area contributed by atoms with E-state index >= 15 is 0 Å². The third-order valence-electron chi connectivity index (χ3n) is 3.41. The lowest BCUT2D eigenvalue weighted by Gasteiger charge is -2.07. The maximum atomic E-state index is 13.2. The zero-order chi connectivity index (χ0) is 15.4. The number of rotatable bonds is 5. The van der Waals surface area contributed by atoms with Gasteiger partial charge in [-0.1, -0.05) is 6.92 Å². The predicted octanol–water partition coefficient (Wildman–Crippen LogP) is 4.10. The van der Waals surface area contributed by atoms with Crippen LogP contribution in [0.1, 0.15) is 13.3 Å². The average molecular weight is 296 g/mol. The second-order valence-electron chi connectivity index (χ2n) is 4.99. The highest BCUT2D eigenvalue weighted by atomic mass is 19.1. The Hall–Kier alpha value is -2.69. The number of aromatic amines is 1. The first-order valence-electron chi connectivity index (χ1n) is 7.28. The van der Waals surface area contributed by atoms with Crippen LogP contribution in [0, 0.1) is 5.82 Å². The number of nitrogens with zero attached hydrogens (tertiary/aromatic N) is 2. The monoisotopic (exact) mass is 296 g/mol. The van der Waals surface area contributed by atoms with Gasteiger partial charge in [0.25, 0.3) is 0 Å². The van der Waals surface area contributed by atoms with Crippen molar-refractivity contribution in [3.8, 4) is 22.4 Å². The molecule has 2 heterocycles. The minimum absolute atomic E-state index is 0.252. The van der Waals surface area contributed by atoms with Crippen LogP contribution in [0.2, 0.25) is 0 Å². The molecule has 0 fully saturated rings. The van der Waals surface area contributed by atoms with Crippen LogP contribution >= 0.6 is 0 Å². The first-order chi connectivity index (χ1) is 10.8. The molecule has 2 aromatic heterocycles. The lowest BCUT2D eigenvalue weighted by atomic mass is 10.0. The zero-order valence-corrected chi connectivity index (χ0v) is 12.3. The maximum absolute atomic E-state index is 13.2. The Morgan fingerprint density at radius 3 is 2.45 bits per heavy atom. The van der Waals surface area contributed by atoms with Crippen molar-refractivity contribution in [2.45, 2.75) is 13.3 Å². The van der Waals surface area contributed by atoms with Crippen molar-refractivity contribution in [2.24, 2.45) is 0 Å². The molecule has 0 saturated heterocycles. The summed E-state index contributed by atoms with van der Waals surface area (Å²) in [7, 11) is 0. The van der Waals surface area contributed by atoms with Gasteiger partial charge in [-0.2, -0.15) is 5.10 Å². The van der Waals surface area contributed by atoms with E-state index < -0.39 is 0 Å². The quantitative estimate of drug-likeness (QED) is 0.745. The zero-order valence-electron chi connectivity index (χ0n) is 12.3. The molecular weight excluding hydrogens is 279 g/mol. The van der Waals surface area contributed by atoms with E-state index in [1.54, 1.807) is 24.5 Å². The Morgan fingerprint density at radius 1 is 1.05 bits per heavy atom. The second kappa shape index (κ2) is 6.39. The number of H-pyrrole nitrogens is 1. The summed E-state index contributed by atoms with van der Waals surface area (Å²) in [5.74, 6) is 0.547. The van der Waals surface area contributed by atoms with E-state index in [1.807, 2.05) is 12.1 Å². The smallest absolute Gasteiger partial charge is 0.156 e. The molecule has 0 bridgehead atoms. The lowest BCUT2D eigenvalue weighted by molar-refractivity contribution is 0.628. The Balaban J connectivity index is 2.10. The van der Waals surface area contributed by atoms with Crippen molar-refractivity contribution in [1.29, 1.82) is 0 Å². The van der Waals surface area contributed by atoms with Crippen LogP contribution in [0.25, 0.3) is 22.4 Å². The Bertz CT molecular complexity index is 735. The van der Waals surface area contributed by atoms with Gasteiger partial charge in [0.05, 0.1) is 11.3 Å². The molecule has 4 nitrogen and oxygen atoms in total. The van der Waals surface area contributed by atoms with Crippen LogP contribution in [-0.2, 0) is 0 Å². The van der Waals surface area contributed by atoms with Gasteiger partial charge in [0.1, 0.15) is 5.82 Å². The molecule has 0 atom stereocenters. The van der Waals surface area contributed by atoms with Gasteiger partial charge in [0, 0.05) is 24.5 Å². The van der Waals surface area contributed by atoms with Crippen molar-refractivity contribution >= 4 is 5.82 Å².